The second-order valence-electron chi connectivity index (χ2n) is 9.37. The largest absolute Gasteiger partial charge is 0.393 e. The Morgan fingerprint density at radius 1 is 0.864 bits per heavy atom. The van der Waals surface area contributed by atoms with Gasteiger partial charge in [0.1, 0.15) is 0 Å². The molecule has 0 heterocycles. The van der Waals surface area contributed by atoms with Crippen molar-refractivity contribution >= 4 is 0 Å². The van der Waals surface area contributed by atoms with Gasteiger partial charge in [-0.1, -0.05) is 13.8 Å². The fourth-order valence-electron chi connectivity index (χ4n) is 7.33. The van der Waals surface area contributed by atoms with Gasteiger partial charge in [-0.2, -0.15) is 0 Å². The zero-order chi connectivity index (χ0) is 15.7. The number of hydrogen-bond donors (Lipinski definition) is 3. The summed E-state index contributed by atoms with van der Waals surface area (Å²) in [5, 5.41) is 31.6. The maximum absolute atomic E-state index is 11.0. The molecule has 4 rings (SSSR count). The molecular weight excluding hydrogens is 276 g/mol. The van der Waals surface area contributed by atoms with Crippen LogP contribution in [0.2, 0.25) is 0 Å². The van der Waals surface area contributed by atoms with Gasteiger partial charge in [0.25, 0.3) is 0 Å². The van der Waals surface area contributed by atoms with Gasteiger partial charge in [0.05, 0.1) is 18.3 Å². The van der Waals surface area contributed by atoms with Gasteiger partial charge >= 0.3 is 0 Å². The Morgan fingerprint density at radius 2 is 1.64 bits per heavy atom. The molecular formula is C19H32O3. The molecule has 4 fully saturated rings. The number of aliphatic hydroxyl groups is 3. The van der Waals surface area contributed by atoms with Gasteiger partial charge in [-0.15, -0.1) is 0 Å². The summed E-state index contributed by atoms with van der Waals surface area (Å²) in [6, 6.07) is 0. The summed E-state index contributed by atoms with van der Waals surface area (Å²) in [4.78, 5) is 0. The van der Waals surface area contributed by atoms with E-state index in [0.29, 0.717) is 23.7 Å². The molecule has 0 bridgehead atoms. The van der Waals surface area contributed by atoms with Crippen molar-refractivity contribution in [2.24, 2.45) is 34.5 Å². The maximum atomic E-state index is 11.0. The SMILES string of the molecule is C[C@]12CC[C@@H](O)C[C@@H]1CC[C@@H]1[C@@H]2[C@@H](O)C[C@]2(C)[C@H](O)CC[C@@H]12. The molecule has 0 amide bonds. The van der Waals surface area contributed by atoms with Crippen LogP contribution in [0.25, 0.3) is 0 Å². The van der Waals surface area contributed by atoms with Crippen molar-refractivity contribution in [1.82, 2.24) is 0 Å². The van der Waals surface area contributed by atoms with Crippen LogP contribution in [-0.4, -0.2) is 33.6 Å². The van der Waals surface area contributed by atoms with Crippen molar-refractivity contribution in [1.29, 1.82) is 0 Å². The second-order valence-corrected chi connectivity index (χ2v) is 9.37. The number of rotatable bonds is 0. The molecule has 0 saturated heterocycles. The van der Waals surface area contributed by atoms with E-state index in [1.807, 2.05) is 0 Å². The summed E-state index contributed by atoms with van der Waals surface area (Å²) in [6.45, 7) is 4.60. The van der Waals surface area contributed by atoms with Crippen molar-refractivity contribution in [3.8, 4) is 0 Å². The quantitative estimate of drug-likeness (QED) is 0.645. The Bertz CT molecular complexity index is 452. The number of aliphatic hydroxyl groups excluding tert-OH is 3. The third-order valence-corrected chi connectivity index (χ3v) is 8.52. The van der Waals surface area contributed by atoms with Crippen LogP contribution in [0.1, 0.15) is 65.2 Å². The molecule has 3 N–H and O–H groups in total. The second kappa shape index (κ2) is 4.94. The highest BCUT2D eigenvalue weighted by Crippen LogP contribution is 2.66. The summed E-state index contributed by atoms with van der Waals surface area (Å²) >= 11 is 0. The highest BCUT2D eigenvalue weighted by molar-refractivity contribution is 5.12. The summed E-state index contributed by atoms with van der Waals surface area (Å²) in [7, 11) is 0. The Morgan fingerprint density at radius 3 is 2.41 bits per heavy atom. The van der Waals surface area contributed by atoms with Crippen molar-refractivity contribution in [3.63, 3.8) is 0 Å². The van der Waals surface area contributed by atoms with Gasteiger partial charge in [0.2, 0.25) is 0 Å². The van der Waals surface area contributed by atoms with Gasteiger partial charge in [-0.3, -0.25) is 0 Å². The standard InChI is InChI=1S/C19H32O3/c1-18-8-7-12(20)9-11(18)3-4-13-14-5-6-16(22)19(14,2)10-15(21)17(13)18/h11-17,20-22H,3-10H2,1-2H3/t11-,12+,13-,14-,15-,16+,17+,18-,19-/m0/s1. The van der Waals surface area contributed by atoms with Crippen LogP contribution in [0.3, 0.4) is 0 Å². The minimum absolute atomic E-state index is 0.0715. The first-order chi connectivity index (χ1) is 10.4. The average molecular weight is 308 g/mol. The lowest BCUT2D eigenvalue weighted by molar-refractivity contribution is -0.183. The first-order valence-corrected chi connectivity index (χ1v) is 9.40. The molecule has 0 radical (unpaired) electrons. The van der Waals surface area contributed by atoms with Crippen molar-refractivity contribution in [3.05, 3.63) is 0 Å². The van der Waals surface area contributed by atoms with Crippen LogP contribution in [0.4, 0.5) is 0 Å². The first kappa shape index (κ1) is 15.4. The van der Waals surface area contributed by atoms with E-state index in [1.165, 1.54) is 12.8 Å². The van der Waals surface area contributed by atoms with E-state index in [1.54, 1.807) is 0 Å². The zero-order valence-corrected chi connectivity index (χ0v) is 14.0. The number of hydrogen-bond acceptors (Lipinski definition) is 3. The first-order valence-electron chi connectivity index (χ1n) is 9.40. The molecule has 4 aliphatic rings. The Balaban J connectivity index is 1.68. The van der Waals surface area contributed by atoms with Crippen molar-refractivity contribution in [2.45, 2.75) is 83.5 Å². The molecule has 9 atom stereocenters. The predicted molar refractivity (Wildman–Crippen MR) is 85.1 cm³/mol. The molecule has 0 spiro atoms. The normalized spacial score (nSPS) is 61.2. The summed E-state index contributed by atoms with van der Waals surface area (Å²) in [6.07, 6.45) is 7.44. The fraction of sp³-hybridized carbons (Fsp3) is 1.00. The molecule has 3 heteroatoms. The van der Waals surface area contributed by atoms with E-state index < -0.39 is 0 Å². The minimum atomic E-state index is -0.276. The van der Waals surface area contributed by atoms with E-state index in [-0.39, 0.29) is 29.1 Å². The van der Waals surface area contributed by atoms with Crippen molar-refractivity contribution < 1.29 is 15.3 Å². The van der Waals surface area contributed by atoms with Crippen LogP contribution < -0.4 is 0 Å². The average Bonchev–Trinajstić information content (AvgIpc) is 2.75. The predicted octanol–water partition coefficient (Wildman–Crippen LogP) is 2.72. The smallest absolute Gasteiger partial charge is 0.0597 e. The van der Waals surface area contributed by atoms with Crippen LogP contribution in [-0.2, 0) is 0 Å². The van der Waals surface area contributed by atoms with Gasteiger partial charge in [0, 0.05) is 0 Å². The van der Waals surface area contributed by atoms with E-state index in [2.05, 4.69) is 13.8 Å². The summed E-state index contributed by atoms with van der Waals surface area (Å²) < 4.78 is 0. The maximum Gasteiger partial charge on any atom is 0.0597 e. The zero-order valence-electron chi connectivity index (χ0n) is 14.0. The van der Waals surface area contributed by atoms with Gasteiger partial charge in [0.15, 0.2) is 0 Å². The fourth-order valence-corrected chi connectivity index (χ4v) is 7.33. The molecule has 0 aromatic rings. The third-order valence-electron chi connectivity index (χ3n) is 8.52. The van der Waals surface area contributed by atoms with Crippen LogP contribution in [0, 0.1) is 34.5 Å². The topological polar surface area (TPSA) is 60.7 Å². The van der Waals surface area contributed by atoms with E-state index >= 15 is 0 Å². The van der Waals surface area contributed by atoms with Gasteiger partial charge < -0.3 is 15.3 Å². The molecule has 126 valence electrons. The van der Waals surface area contributed by atoms with Gasteiger partial charge in [-0.25, -0.2) is 0 Å². The molecule has 4 aliphatic carbocycles. The monoisotopic (exact) mass is 308 g/mol. The van der Waals surface area contributed by atoms with E-state index in [4.69, 9.17) is 0 Å². The lowest BCUT2D eigenvalue weighted by Gasteiger charge is -2.62. The summed E-state index contributed by atoms with van der Waals surface area (Å²) in [5.74, 6) is 2.10. The highest BCUT2D eigenvalue weighted by Gasteiger charge is 2.62. The van der Waals surface area contributed by atoms with E-state index in [0.717, 1.165) is 38.5 Å². The molecule has 22 heavy (non-hydrogen) atoms. The van der Waals surface area contributed by atoms with Crippen molar-refractivity contribution in [2.75, 3.05) is 0 Å². The molecule has 0 aromatic carbocycles. The highest BCUT2D eigenvalue weighted by atomic mass is 16.3. The molecule has 0 unspecified atom stereocenters. The van der Waals surface area contributed by atoms with Gasteiger partial charge in [-0.05, 0) is 85.9 Å². The Kier molecular flexibility index (Phi) is 3.46. The van der Waals surface area contributed by atoms with Crippen LogP contribution in [0.15, 0.2) is 0 Å². The summed E-state index contributed by atoms with van der Waals surface area (Å²) in [5.41, 5.74) is 0.119. The molecule has 0 aliphatic heterocycles. The molecule has 3 nitrogen and oxygen atoms in total. The molecule has 0 aromatic heterocycles. The molecule has 4 saturated carbocycles. The van der Waals surface area contributed by atoms with Crippen LogP contribution in [0.5, 0.6) is 0 Å². The lowest BCUT2D eigenvalue weighted by atomic mass is 9.44. The Hall–Kier alpha value is -0.120. The third kappa shape index (κ3) is 1.91. The lowest BCUT2D eigenvalue weighted by Crippen LogP contribution is -2.59. The number of fused-ring (bicyclic) bond motifs is 5. The van der Waals surface area contributed by atoms with E-state index in [9.17, 15) is 15.3 Å². The minimum Gasteiger partial charge on any atom is -0.393 e. The van der Waals surface area contributed by atoms with Crippen LogP contribution >= 0.6 is 0 Å². The Labute approximate surface area is 134 Å².